The number of carboxylic acids is 1. The maximum Gasteiger partial charge on any atom is 0.326 e. The molecule has 1 aliphatic heterocycles. The molecule has 7 nitrogen and oxygen atoms in total. The topological polar surface area (TPSA) is 114 Å². The highest BCUT2D eigenvalue weighted by Gasteiger charge is 2.77. The van der Waals surface area contributed by atoms with Crippen LogP contribution >= 0.6 is 11.6 Å². The van der Waals surface area contributed by atoms with Crippen molar-refractivity contribution in [3.05, 3.63) is 53.1 Å². The van der Waals surface area contributed by atoms with Gasteiger partial charge in [0.1, 0.15) is 5.25 Å². The average Bonchev–Trinajstić information content (AvgIpc) is 3.15. The molecule has 9 heteroatoms. The highest BCUT2D eigenvalue weighted by atomic mass is 35.5. The number of sulfone groups is 1. The van der Waals surface area contributed by atoms with Crippen LogP contribution in [0.3, 0.4) is 0 Å². The number of carbonyl (C=O) groups is 1. The zero-order chi connectivity index (χ0) is 19.4. The molecule has 0 spiro atoms. The predicted molar refractivity (Wildman–Crippen MR) is 93.4 cm³/mol. The van der Waals surface area contributed by atoms with Gasteiger partial charge in [-0.15, -0.1) is 0 Å². The van der Waals surface area contributed by atoms with E-state index >= 15 is 0 Å². The Kier molecular flexibility index (Phi) is 3.84. The molecule has 1 N–H and O–H groups in total. The normalized spacial score (nSPS) is 25.6. The number of halogens is 1. The van der Waals surface area contributed by atoms with Crippen molar-refractivity contribution in [3.8, 4) is 17.6 Å². The van der Waals surface area contributed by atoms with Gasteiger partial charge in [-0.1, -0.05) is 17.7 Å². The number of fused-ring (bicyclic) bond motifs is 1. The van der Waals surface area contributed by atoms with Gasteiger partial charge in [0.2, 0.25) is 6.79 Å². The molecule has 4 rings (SSSR count). The number of nitriles is 1. The maximum atomic E-state index is 13.1. The predicted octanol–water partition coefficient (Wildman–Crippen LogP) is 2.60. The molecule has 2 aromatic rings. The van der Waals surface area contributed by atoms with Gasteiger partial charge in [0.05, 0.1) is 11.0 Å². The molecular formula is C18H12ClNO6S. The number of benzene rings is 2. The lowest BCUT2D eigenvalue weighted by atomic mass is 10.0. The van der Waals surface area contributed by atoms with Crippen LogP contribution in [0.15, 0.2) is 47.4 Å². The van der Waals surface area contributed by atoms with E-state index in [2.05, 4.69) is 0 Å². The molecule has 27 heavy (non-hydrogen) atoms. The van der Waals surface area contributed by atoms with Crippen LogP contribution in [0.1, 0.15) is 11.5 Å². The maximum absolute atomic E-state index is 13.1. The van der Waals surface area contributed by atoms with Gasteiger partial charge >= 0.3 is 5.97 Å². The zero-order valence-electron chi connectivity index (χ0n) is 13.6. The molecule has 0 saturated heterocycles. The summed E-state index contributed by atoms with van der Waals surface area (Å²) in [4.78, 5) is 11.8. The summed E-state index contributed by atoms with van der Waals surface area (Å²) in [6.45, 7) is 0.0261. The molecule has 2 aromatic carbocycles. The van der Waals surface area contributed by atoms with Gasteiger partial charge in [-0.3, -0.25) is 4.79 Å². The van der Waals surface area contributed by atoms with Gasteiger partial charge in [-0.05, 0) is 42.0 Å². The van der Waals surface area contributed by atoms with Crippen LogP contribution in [0.25, 0.3) is 0 Å². The van der Waals surface area contributed by atoms with Crippen molar-refractivity contribution in [3.63, 3.8) is 0 Å². The Bertz CT molecular complexity index is 1090. The Morgan fingerprint density at radius 1 is 1.19 bits per heavy atom. The first-order valence-corrected chi connectivity index (χ1v) is 9.78. The summed E-state index contributed by atoms with van der Waals surface area (Å²) in [5.41, 5.74) is -1.68. The highest BCUT2D eigenvalue weighted by Crippen LogP contribution is 2.64. The number of hydrogen-bond donors (Lipinski definition) is 1. The monoisotopic (exact) mass is 405 g/mol. The molecule has 0 radical (unpaired) electrons. The van der Waals surface area contributed by atoms with Crippen LogP contribution in [-0.4, -0.2) is 31.5 Å². The Balaban J connectivity index is 1.82. The van der Waals surface area contributed by atoms with E-state index in [4.69, 9.17) is 21.1 Å². The smallest absolute Gasteiger partial charge is 0.326 e. The number of carboxylic acid groups (broad SMARTS) is 1. The number of nitrogens with zero attached hydrogens (tertiary/aromatic N) is 1. The molecule has 0 unspecified atom stereocenters. The second-order valence-electron chi connectivity index (χ2n) is 6.30. The lowest BCUT2D eigenvalue weighted by Gasteiger charge is -2.05. The fraction of sp³-hybridized carbons (Fsp3) is 0.222. The molecular weight excluding hydrogens is 394 g/mol. The summed E-state index contributed by atoms with van der Waals surface area (Å²) in [6, 6.07) is 11.8. The average molecular weight is 406 g/mol. The van der Waals surface area contributed by atoms with Gasteiger partial charge < -0.3 is 14.6 Å². The van der Waals surface area contributed by atoms with E-state index in [-0.39, 0.29) is 11.7 Å². The van der Waals surface area contributed by atoms with Crippen molar-refractivity contribution in [1.29, 1.82) is 5.26 Å². The SMILES string of the molecule is N#C[C@@]1(C(=O)O)[C@H](S(=O)(=O)c2ccc(Cl)cc2)[C@@H]1c1ccc2c(c1)OCO2. The van der Waals surface area contributed by atoms with Crippen molar-refractivity contribution in [2.75, 3.05) is 6.79 Å². The van der Waals surface area contributed by atoms with E-state index in [1.165, 1.54) is 30.3 Å². The third-order valence-corrected chi connectivity index (χ3v) is 7.40. The van der Waals surface area contributed by atoms with Crippen molar-refractivity contribution in [1.82, 2.24) is 0 Å². The molecule has 3 atom stereocenters. The first-order chi connectivity index (χ1) is 12.8. The van der Waals surface area contributed by atoms with Gasteiger partial charge in [0.25, 0.3) is 0 Å². The second-order valence-corrected chi connectivity index (χ2v) is 8.80. The van der Waals surface area contributed by atoms with Crippen molar-refractivity contribution in [2.24, 2.45) is 5.41 Å². The van der Waals surface area contributed by atoms with Crippen molar-refractivity contribution >= 4 is 27.4 Å². The molecule has 138 valence electrons. The van der Waals surface area contributed by atoms with E-state index in [1.54, 1.807) is 18.2 Å². The van der Waals surface area contributed by atoms with Crippen molar-refractivity contribution in [2.45, 2.75) is 16.1 Å². The largest absolute Gasteiger partial charge is 0.480 e. The van der Waals surface area contributed by atoms with Gasteiger partial charge in [-0.2, -0.15) is 5.26 Å². The Morgan fingerprint density at radius 2 is 1.85 bits per heavy atom. The molecule has 1 aliphatic carbocycles. The molecule has 0 aromatic heterocycles. The number of aliphatic carboxylic acids is 1. The fourth-order valence-electron chi connectivity index (χ4n) is 3.53. The van der Waals surface area contributed by atoms with E-state index in [1.807, 2.05) is 0 Å². The summed E-state index contributed by atoms with van der Waals surface area (Å²) < 4.78 is 36.7. The lowest BCUT2D eigenvalue weighted by molar-refractivity contribution is -0.141. The highest BCUT2D eigenvalue weighted by molar-refractivity contribution is 7.92. The summed E-state index contributed by atoms with van der Waals surface area (Å²) in [5, 5.41) is 18.2. The van der Waals surface area contributed by atoms with Crippen LogP contribution in [0, 0.1) is 16.7 Å². The lowest BCUT2D eigenvalue weighted by Crippen LogP contribution is -2.22. The number of rotatable bonds is 4. The van der Waals surface area contributed by atoms with Crippen LogP contribution in [0.2, 0.25) is 5.02 Å². The molecule has 1 heterocycles. The molecule has 1 fully saturated rings. The van der Waals surface area contributed by atoms with Gasteiger partial charge in [0.15, 0.2) is 26.8 Å². The molecule has 2 aliphatic rings. The minimum Gasteiger partial charge on any atom is -0.480 e. The first-order valence-electron chi connectivity index (χ1n) is 7.86. The fourth-order valence-corrected chi connectivity index (χ4v) is 5.91. The van der Waals surface area contributed by atoms with E-state index in [9.17, 15) is 23.6 Å². The van der Waals surface area contributed by atoms with Crippen LogP contribution in [0.5, 0.6) is 11.5 Å². The molecule has 0 bridgehead atoms. The van der Waals surface area contributed by atoms with E-state index in [0.717, 1.165) is 0 Å². The molecule has 0 amide bonds. The third kappa shape index (κ3) is 2.46. The Morgan fingerprint density at radius 3 is 2.48 bits per heavy atom. The standard InChI is InChI=1S/C18H12ClNO6S/c19-11-2-4-12(5-3-11)27(23,24)16-15(18(16,8-20)17(21)22)10-1-6-13-14(7-10)26-9-25-13/h1-7,15-16H,9H2,(H,21,22)/t15-,16+,18-/m0/s1. The summed E-state index contributed by atoms with van der Waals surface area (Å²) in [6.07, 6.45) is 0. The summed E-state index contributed by atoms with van der Waals surface area (Å²) >= 11 is 5.80. The van der Waals surface area contributed by atoms with Gasteiger partial charge in [0, 0.05) is 10.9 Å². The summed E-state index contributed by atoms with van der Waals surface area (Å²) in [5.74, 6) is -1.64. The first kappa shape index (κ1) is 17.6. The van der Waals surface area contributed by atoms with Crippen LogP contribution in [0.4, 0.5) is 0 Å². The Hall–Kier alpha value is -2.76. The van der Waals surface area contributed by atoms with E-state index < -0.39 is 32.4 Å². The minimum absolute atomic E-state index is 0.0261. The molecule has 1 saturated carbocycles. The Labute approximate surface area is 159 Å². The zero-order valence-corrected chi connectivity index (χ0v) is 15.2. The van der Waals surface area contributed by atoms with Gasteiger partial charge in [-0.25, -0.2) is 8.42 Å². The quantitative estimate of drug-likeness (QED) is 0.831. The summed E-state index contributed by atoms with van der Waals surface area (Å²) in [7, 11) is -4.09. The minimum atomic E-state index is -4.09. The third-order valence-electron chi connectivity index (χ3n) is 4.90. The number of ether oxygens (including phenoxy) is 2. The number of hydrogen-bond acceptors (Lipinski definition) is 6. The van der Waals surface area contributed by atoms with E-state index in [0.29, 0.717) is 22.1 Å². The second kappa shape index (κ2) is 5.87. The van der Waals surface area contributed by atoms with Crippen LogP contribution in [-0.2, 0) is 14.6 Å². The van der Waals surface area contributed by atoms with Crippen molar-refractivity contribution < 1.29 is 27.8 Å². The van der Waals surface area contributed by atoms with Crippen LogP contribution < -0.4 is 9.47 Å².